The minimum Gasteiger partial charge on any atom is -0.285 e. The summed E-state index contributed by atoms with van der Waals surface area (Å²) < 4.78 is 1.84. The molecular weight excluding hydrogens is 238 g/mol. The van der Waals surface area contributed by atoms with E-state index in [1.54, 1.807) is 18.3 Å². The Morgan fingerprint density at radius 3 is 2.88 bits per heavy atom. The Morgan fingerprint density at radius 2 is 2.06 bits per heavy atom. The molecule has 0 spiro atoms. The van der Waals surface area contributed by atoms with Gasteiger partial charge in [0.1, 0.15) is 5.65 Å². The summed E-state index contributed by atoms with van der Waals surface area (Å²) in [5.41, 5.74) is 2.15. The SMILES string of the molecule is Cc1ccc2nc(=O)c3cccnc3n2c1.Cl. The fourth-order valence-electron chi connectivity index (χ4n) is 1.78. The lowest BCUT2D eigenvalue weighted by Crippen LogP contribution is -2.11. The highest BCUT2D eigenvalue weighted by molar-refractivity contribution is 5.85. The summed E-state index contributed by atoms with van der Waals surface area (Å²) in [5, 5.41) is 0.547. The van der Waals surface area contributed by atoms with Gasteiger partial charge in [0.2, 0.25) is 0 Å². The second kappa shape index (κ2) is 4.14. The van der Waals surface area contributed by atoms with Gasteiger partial charge in [-0.25, -0.2) is 4.98 Å². The molecule has 3 heterocycles. The van der Waals surface area contributed by atoms with Crippen molar-refractivity contribution < 1.29 is 0 Å². The van der Waals surface area contributed by atoms with Crippen molar-refractivity contribution in [1.82, 2.24) is 14.4 Å². The highest BCUT2D eigenvalue weighted by atomic mass is 35.5. The third kappa shape index (κ3) is 1.76. The molecule has 3 aromatic heterocycles. The van der Waals surface area contributed by atoms with Gasteiger partial charge in [0.25, 0.3) is 5.56 Å². The van der Waals surface area contributed by atoms with E-state index in [0.717, 1.165) is 5.56 Å². The van der Waals surface area contributed by atoms with Gasteiger partial charge in [-0.2, -0.15) is 4.98 Å². The number of nitrogens with zero attached hydrogens (tertiary/aromatic N) is 3. The minimum atomic E-state index is -0.230. The minimum absolute atomic E-state index is 0. The van der Waals surface area contributed by atoms with Crippen LogP contribution in [-0.2, 0) is 0 Å². The van der Waals surface area contributed by atoms with Crippen LogP contribution in [0.3, 0.4) is 0 Å². The second-order valence-corrected chi connectivity index (χ2v) is 3.73. The standard InChI is InChI=1S/C12H9N3O.ClH/c1-8-4-5-10-14-12(16)9-3-2-6-13-11(9)15(10)7-8;/h2-7H,1H3;1H. The maximum atomic E-state index is 11.7. The van der Waals surface area contributed by atoms with E-state index in [-0.39, 0.29) is 18.0 Å². The van der Waals surface area contributed by atoms with Crippen molar-refractivity contribution in [2.24, 2.45) is 0 Å². The molecule has 0 aliphatic heterocycles. The lowest BCUT2D eigenvalue weighted by molar-refractivity contribution is 1.08. The van der Waals surface area contributed by atoms with Crippen molar-refractivity contribution in [3.63, 3.8) is 0 Å². The van der Waals surface area contributed by atoms with E-state index in [1.165, 1.54) is 0 Å². The van der Waals surface area contributed by atoms with Crippen molar-refractivity contribution in [2.45, 2.75) is 6.92 Å². The Bertz CT molecular complexity index is 751. The largest absolute Gasteiger partial charge is 0.285 e. The molecule has 4 nitrogen and oxygen atoms in total. The van der Waals surface area contributed by atoms with Crippen molar-refractivity contribution >= 4 is 29.1 Å². The molecule has 0 amide bonds. The number of pyridine rings is 2. The van der Waals surface area contributed by atoms with Crippen LogP contribution in [-0.4, -0.2) is 14.4 Å². The van der Waals surface area contributed by atoms with Crippen LogP contribution in [0.4, 0.5) is 0 Å². The topological polar surface area (TPSA) is 47.3 Å². The first-order valence-corrected chi connectivity index (χ1v) is 4.99. The molecule has 0 unspecified atom stereocenters. The van der Waals surface area contributed by atoms with Gasteiger partial charge in [-0.1, -0.05) is 6.07 Å². The molecule has 86 valence electrons. The van der Waals surface area contributed by atoms with Gasteiger partial charge >= 0.3 is 0 Å². The maximum Gasteiger partial charge on any atom is 0.282 e. The summed E-state index contributed by atoms with van der Waals surface area (Å²) in [6.07, 6.45) is 3.60. The van der Waals surface area contributed by atoms with Crippen molar-refractivity contribution in [1.29, 1.82) is 0 Å². The zero-order valence-corrected chi connectivity index (χ0v) is 9.94. The lowest BCUT2D eigenvalue weighted by Gasteiger charge is -2.04. The normalized spacial score (nSPS) is 10.4. The molecule has 3 rings (SSSR count). The number of aryl methyl sites for hydroxylation is 1. The molecule has 0 N–H and O–H groups in total. The molecule has 3 aromatic rings. The molecular formula is C12H10ClN3O. The average Bonchev–Trinajstić information content (AvgIpc) is 2.31. The summed E-state index contributed by atoms with van der Waals surface area (Å²) in [6, 6.07) is 7.24. The van der Waals surface area contributed by atoms with Crippen LogP contribution in [0.2, 0.25) is 0 Å². The quantitative estimate of drug-likeness (QED) is 0.571. The van der Waals surface area contributed by atoms with Crippen LogP contribution in [0.25, 0.3) is 16.7 Å². The predicted molar refractivity (Wildman–Crippen MR) is 68.7 cm³/mol. The molecule has 0 aliphatic carbocycles. The van der Waals surface area contributed by atoms with Crippen molar-refractivity contribution in [3.05, 3.63) is 52.6 Å². The fraction of sp³-hybridized carbons (Fsp3) is 0.0833. The average molecular weight is 248 g/mol. The van der Waals surface area contributed by atoms with Crippen molar-refractivity contribution in [3.8, 4) is 0 Å². The summed E-state index contributed by atoms with van der Waals surface area (Å²) in [5.74, 6) is 0. The number of rotatable bonds is 0. The highest BCUT2D eigenvalue weighted by Gasteiger charge is 2.04. The Hall–Kier alpha value is -1.94. The number of aromatic nitrogens is 3. The first-order chi connectivity index (χ1) is 7.75. The van der Waals surface area contributed by atoms with E-state index >= 15 is 0 Å². The van der Waals surface area contributed by atoms with Gasteiger partial charge in [0.15, 0.2) is 5.65 Å². The first kappa shape index (κ1) is 11.5. The Balaban J connectivity index is 0.00000108. The van der Waals surface area contributed by atoms with E-state index in [0.29, 0.717) is 16.7 Å². The third-order valence-corrected chi connectivity index (χ3v) is 2.54. The van der Waals surface area contributed by atoms with Crippen LogP contribution >= 0.6 is 12.4 Å². The molecule has 17 heavy (non-hydrogen) atoms. The van der Waals surface area contributed by atoms with Gasteiger partial charge in [0.05, 0.1) is 5.39 Å². The number of halogens is 1. The number of hydrogen-bond donors (Lipinski definition) is 0. The smallest absolute Gasteiger partial charge is 0.282 e. The van der Waals surface area contributed by atoms with Crippen LogP contribution in [0.15, 0.2) is 41.5 Å². The third-order valence-electron chi connectivity index (χ3n) is 2.54. The van der Waals surface area contributed by atoms with E-state index < -0.39 is 0 Å². The van der Waals surface area contributed by atoms with Crippen molar-refractivity contribution in [2.75, 3.05) is 0 Å². The zero-order valence-electron chi connectivity index (χ0n) is 9.12. The molecule has 0 saturated carbocycles. The van der Waals surface area contributed by atoms with E-state index in [1.807, 2.05) is 29.7 Å². The molecule has 0 atom stereocenters. The van der Waals surface area contributed by atoms with E-state index in [4.69, 9.17) is 0 Å². The molecule has 0 radical (unpaired) electrons. The Labute approximate surface area is 103 Å². The Kier molecular flexibility index (Phi) is 2.81. The van der Waals surface area contributed by atoms with Gasteiger partial charge < -0.3 is 0 Å². The van der Waals surface area contributed by atoms with Crippen LogP contribution in [0, 0.1) is 6.92 Å². The molecule has 0 bridgehead atoms. The molecule has 0 aromatic carbocycles. The van der Waals surface area contributed by atoms with Crippen LogP contribution < -0.4 is 5.56 Å². The summed E-state index contributed by atoms with van der Waals surface area (Å²) in [4.78, 5) is 20.0. The number of hydrogen-bond acceptors (Lipinski definition) is 3. The lowest BCUT2D eigenvalue weighted by atomic mass is 10.3. The van der Waals surface area contributed by atoms with Gasteiger partial charge in [-0.05, 0) is 30.7 Å². The second-order valence-electron chi connectivity index (χ2n) is 3.73. The summed E-state index contributed by atoms with van der Waals surface area (Å²) >= 11 is 0. The van der Waals surface area contributed by atoms with E-state index in [9.17, 15) is 4.79 Å². The number of fused-ring (bicyclic) bond motifs is 3. The molecule has 0 aliphatic rings. The summed E-state index contributed by atoms with van der Waals surface area (Å²) in [6.45, 7) is 1.99. The predicted octanol–water partition coefficient (Wildman–Crippen LogP) is 1.97. The van der Waals surface area contributed by atoms with Gasteiger partial charge in [-0.15, -0.1) is 12.4 Å². The Morgan fingerprint density at radius 1 is 1.24 bits per heavy atom. The van der Waals surface area contributed by atoms with E-state index in [2.05, 4.69) is 9.97 Å². The fourth-order valence-corrected chi connectivity index (χ4v) is 1.78. The first-order valence-electron chi connectivity index (χ1n) is 4.99. The van der Waals surface area contributed by atoms with Gasteiger partial charge in [0, 0.05) is 12.4 Å². The molecule has 0 saturated heterocycles. The highest BCUT2D eigenvalue weighted by Crippen LogP contribution is 2.09. The molecule has 5 heteroatoms. The van der Waals surface area contributed by atoms with Crippen LogP contribution in [0.1, 0.15) is 5.56 Å². The zero-order chi connectivity index (χ0) is 11.1. The summed E-state index contributed by atoms with van der Waals surface area (Å²) in [7, 11) is 0. The molecule has 0 fully saturated rings. The maximum absolute atomic E-state index is 11.7. The van der Waals surface area contributed by atoms with Gasteiger partial charge in [-0.3, -0.25) is 9.20 Å². The monoisotopic (exact) mass is 247 g/mol. The van der Waals surface area contributed by atoms with Crippen LogP contribution in [0.5, 0.6) is 0 Å².